The smallest absolute Gasteiger partial charge is 0.409 e. The molecule has 0 spiro atoms. The Morgan fingerprint density at radius 2 is 2.12 bits per heavy atom. The van der Waals surface area contributed by atoms with E-state index in [1.165, 1.54) is 0 Å². The molecule has 2 aromatic rings. The van der Waals surface area contributed by atoms with Crippen LogP contribution < -0.4 is 5.32 Å². The summed E-state index contributed by atoms with van der Waals surface area (Å²) in [6.07, 6.45) is 3.78. The van der Waals surface area contributed by atoms with E-state index in [0.717, 1.165) is 12.0 Å². The van der Waals surface area contributed by atoms with Crippen molar-refractivity contribution < 1.29 is 14.3 Å². The Hall–Kier alpha value is -2.83. The number of carbonyl (C=O) groups excluding carboxylic acids is 2. The van der Waals surface area contributed by atoms with Crippen molar-refractivity contribution in [1.29, 1.82) is 0 Å². The van der Waals surface area contributed by atoms with Gasteiger partial charge >= 0.3 is 6.09 Å². The molecule has 0 unspecified atom stereocenters. The van der Waals surface area contributed by atoms with E-state index in [1.807, 2.05) is 30.3 Å². The maximum Gasteiger partial charge on any atom is 0.409 e. The van der Waals surface area contributed by atoms with Gasteiger partial charge in [-0.1, -0.05) is 30.3 Å². The van der Waals surface area contributed by atoms with Crippen LogP contribution in [-0.4, -0.2) is 52.9 Å². The molecule has 1 saturated heterocycles. The van der Waals surface area contributed by atoms with Gasteiger partial charge in [-0.05, 0) is 12.0 Å². The lowest BCUT2D eigenvalue weighted by molar-refractivity contribution is 0.0719. The van der Waals surface area contributed by atoms with Crippen LogP contribution in [0, 0.1) is 0 Å². The molecule has 1 fully saturated rings. The zero-order chi connectivity index (χ0) is 16.8. The summed E-state index contributed by atoms with van der Waals surface area (Å²) < 4.78 is 6.68. The minimum atomic E-state index is -0.314. The van der Waals surface area contributed by atoms with Crippen LogP contribution in [0.2, 0.25) is 0 Å². The molecule has 24 heavy (non-hydrogen) atoms. The Labute approximate surface area is 140 Å². The quantitative estimate of drug-likeness (QED) is 0.872. The summed E-state index contributed by atoms with van der Waals surface area (Å²) in [6, 6.07) is 9.93. The van der Waals surface area contributed by atoms with Crippen molar-refractivity contribution in [2.45, 2.75) is 13.0 Å². The lowest BCUT2D eigenvalue weighted by atomic mass is 10.2. The summed E-state index contributed by atoms with van der Waals surface area (Å²) >= 11 is 0. The number of cyclic esters (lactones) is 1. The van der Waals surface area contributed by atoms with Crippen LogP contribution in [0.25, 0.3) is 0 Å². The number of ether oxygens (including phenoxy) is 1. The second kappa shape index (κ2) is 7.63. The van der Waals surface area contributed by atoms with Gasteiger partial charge in [-0.25, -0.2) is 4.79 Å². The molecule has 7 nitrogen and oxygen atoms in total. The molecular weight excluding hydrogens is 308 g/mol. The van der Waals surface area contributed by atoms with Gasteiger partial charge in [0.05, 0.1) is 24.9 Å². The van der Waals surface area contributed by atoms with Crippen molar-refractivity contribution in [2.75, 3.05) is 26.2 Å². The van der Waals surface area contributed by atoms with Gasteiger partial charge in [0.15, 0.2) is 0 Å². The van der Waals surface area contributed by atoms with E-state index < -0.39 is 0 Å². The van der Waals surface area contributed by atoms with Crippen LogP contribution >= 0.6 is 0 Å². The van der Waals surface area contributed by atoms with Crippen molar-refractivity contribution in [3.8, 4) is 0 Å². The highest BCUT2D eigenvalue weighted by Crippen LogP contribution is 2.05. The third kappa shape index (κ3) is 4.13. The summed E-state index contributed by atoms with van der Waals surface area (Å²) in [7, 11) is 0. The molecule has 3 rings (SSSR count). The number of nitrogens with zero attached hydrogens (tertiary/aromatic N) is 3. The van der Waals surface area contributed by atoms with Crippen molar-refractivity contribution >= 4 is 12.0 Å². The third-order valence-corrected chi connectivity index (χ3v) is 3.81. The van der Waals surface area contributed by atoms with Crippen LogP contribution in [0.15, 0.2) is 42.7 Å². The molecule has 0 saturated carbocycles. The second-order valence-electron chi connectivity index (χ2n) is 5.62. The first-order valence-electron chi connectivity index (χ1n) is 7.98. The Balaban J connectivity index is 1.48. The minimum Gasteiger partial charge on any atom is -0.449 e. The van der Waals surface area contributed by atoms with E-state index in [1.54, 1.807) is 22.0 Å². The first kappa shape index (κ1) is 16.0. The highest BCUT2D eigenvalue weighted by Gasteiger charge is 2.19. The minimum absolute atomic E-state index is 0.195. The van der Waals surface area contributed by atoms with Gasteiger partial charge in [0.2, 0.25) is 0 Å². The van der Waals surface area contributed by atoms with E-state index in [-0.39, 0.29) is 12.0 Å². The number of amides is 2. The Kier molecular flexibility index (Phi) is 5.10. The first-order chi connectivity index (χ1) is 11.7. The number of aromatic nitrogens is 2. The highest BCUT2D eigenvalue weighted by atomic mass is 16.6. The summed E-state index contributed by atoms with van der Waals surface area (Å²) in [5.41, 5.74) is 1.63. The molecular formula is C17H20N4O3. The molecule has 1 aromatic carbocycles. The predicted molar refractivity (Wildman–Crippen MR) is 87.6 cm³/mol. The fourth-order valence-electron chi connectivity index (χ4n) is 2.54. The molecule has 1 aliphatic rings. The van der Waals surface area contributed by atoms with Crippen molar-refractivity contribution in [2.24, 2.45) is 0 Å². The normalized spacial score (nSPS) is 14.3. The maximum absolute atomic E-state index is 12.1. The third-order valence-electron chi connectivity index (χ3n) is 3.81. The fraction of sp³-hybridized carbons (Fsp3) is 0.353. The maximum atomic E-state index is 12.1. The standard InChI is InChI=1S/C17H20N4O3/c22-16(18-7-9-20-8-4-10-24-17(20)23)15-11-19-21(13-15)12-14-5-2-1-3-6-14/h1-3,5-6,11,13H,4,7-10,12H2,(H,18,22). The van der Waals surface area contributed by atoms with Gasteiger partial charge in [0.25, 0.3) is 5.91 Å². The number of benzene rings is 1. The lowest BCUT2D eigenvalue weighted by Crippen LogP contribution is -2.42. The van der Waals surface area contributed by atoms with Crippen molar-refractivity contribution in [1.82, 2.24) is 20.0 Å². The van der Waals surface area contributed by atoms with E-state index in [9.17, 15) is 9.59 Å². The van der Waals surface area contributed by atoms with Gasteiger partial charge in [0, 0.05) is 25.8 Å². The van der Waals surface area contributed by atoms with Crippen LogP contribution in [0.4, 0.5) is 4.79 Å². The van der Waals surface area contributed by atoms with Gasteiger partial charge in [-0.2, -0.15) is 5.10 Å². The largest absolute Gasteiger partial charge is 0.449 e. The molecule has 0 radical (unpaired) electrons. The number of rotatable bonds is 6. The number of hydrogen-bond acceptors (Lipinski definition) is 4. The summed E-state index contributed by atoms with van der Waals surface area (Å²) in [5, 5.41) is 7.02. The van der Waals surface area contributed by atoms with E-state index in [0.29, 0.717) is 38.3 Å². The molecule has 2 heterocycles. The topological polar surface area (TPSA) is 76.5 Å². The van der Waals surface area contributed by atoms with E-state index >= 15 is 0 Å². The van der Waals surface area contributed by atoms with Gasteiger partial charge in [-0.15, -0.1) is 0 Å². The molecule has 0 atom stereocenters. The van der Waals surface area contributed by atoms with Crippen molar-refractivity contribution in [3.05, 3.63) is 53.9 Å². The van der Waals surface area contributed by atoms with E-state index in [2.05, 4.69) is 10.4 Å². The molecule has 1 aliphatic heterocycles. The average molecular weight is 328 g/mol. The summed E-state index contributed by atoms with van der Waals surface area (Å²) in [6.45, 7) is 2.60. The lowest BCUT2D eigenvalue weighted by Gasteiger charge is -2.26. The monoisotopic (exact) mass is 328 g/mol. The summed E-state index contributed by atoms with van der Waals surface area (Å²) in [4.78, 5) is 25.2. The molecule has 7 heteroatoms. The fourth-order valence-corrected chi connectivity index (χ4v) is 2.54. The van der Waals surface area contributed by atoms with Gasteiger partial charge < -0.3 is 15.0 Å². The molecule has 0 aliphatic carbocycles. The number of hydrogen-bond donors (Lipinski definition) is 1. The number of carbonyl (C=O) groups is 2. The number of nitrogens with one attached hydrogen (secondary N) is 1. The molecule has 1 N–H and O–H groups in total. The van der Waals surface area contributed by atoms with Crippen molar-refractivity contribution in [3.63, 3.8) is 0 Å². The molecule has 126 valence electrons. The van der Waals surface area contributed by atoms with Gasteiger partial charge in [0.1, 0.15) is 0 Å². The molecule has 0 bridgehead atoms. The SMILES string of the molecule is O=C(NCCN1CCCOC1=O)c1cnn(Cc2ccccc2)c1. The van der Waals surface area contributed by atoms with E-state index in [4.69, 9.17) is 4.74 Å². The zero-order valence-electron chi connectivity index (χ0n) is 13.4. The molecule has 2 amide bonds. The first-order valence-corrected chi connectivity index (χ1v) is 7.98. The average Bonchev–Trinajstić information content (AvgIpc) is 3.06. The Morgan fingerprint density at radius 1 is 1.29 bits per heavy atom. The Morgan fingerprint density at radius 3 is 2.92 bits per heavy atom. The zero-order valence-corrected chi connectivity index (χ0v) is 13.4. The van der Waals surface area contributed by atoms with Crippen LogP contribution in [0.5, 0.6) is 0 Å². The molecule has 1 aromatic heterocycles. The highest BCUT2D eigenvalue weighted by molar-refractivity contribution is 5.93. The predicted octanol–water partition coefficient (Wildman–Crippen LogP) is 1.50. The van der Waals surface area contributed by atoms with Crippen LogP contribution in [0.3, 0.4) is 0 Å². The Bertz CT molecular complexity index is 699. The van der Waals surface area contributed by atoms with Crippen LogP contribution in [0.1, 0.15) is 22.3 Å². The second-order valence-corrected chi connectivity index (χ2v) is 5.62. The van der Waals surface area contributed by atoms with Crippen LogP contribution in [-0.2, 0) is 11.3 Å². The summed E-state index contributed by atoms with van der Waals surface area (Å²) in [5.74, 6) is -0.195. The van der Waals surface area contributed by atoms with Gasteiger partial charge in [-0.3, -0.25) is 9.48 Å².